The van der Waals surface area contributed by atoms with Crippen molar-refractivity contribution in [3.63, 3.8) is 0 Å². The molecule has 0 bridgehead atoms. The quantitative estimate of drug-likeness (QED) is 0.739. The molecular weight excluding hydrogens is 267 g/mol. The van der Waals surface area contributed by atoms with Gasteiger partial charge in [-0.05, 0) is 29.7 Å². The van der Waals surface area contributed by atoms with Crippen molar-refractivity contribution in [3.8, 4) is 0 Å². The maximum absolute atomic E-state index is 12.9. The van der Waals surface area contributed by atoms with E-state index in [0.29, 0.717) is 0 Å². The van der Waals surface area contributed by atoms with Crippen LogP contribution in [0.15, 0.2) is 48.5 Å². The summed E-state index contributed by atoms with van der Waals surface area (Å²) in [5.41, 5.74) is 3.25. The summed E-state index contributed by atoms with van der Waals surface area (Å²) in [4.78, 5) is 0. The van der Waals surface area contributed by atoms with Crippen molar-refractivity contribution >= 4 is 0 Å². The van der Waals surface area contributed by atoms with Crippen LogP contribution in [0.5, 0.6) is 0 Å². The molecule has 21 heavy (non-hydrogen) atoms. The third kappa shape index (κ3) is 3.49. The van der Waals surface area contributed by atoms with Crippen molar-refractivity contribution in [2.45, 2.75) is 25.6 Å². The average Bonchev–Trinajstić information content (AvgIpc) is 2.53. The third-order valence-corrected chi connectivity index (χ3v) is 3.84. The van der Waals surface area contributed by atoms with Crippen LogP contribution in [-0.4, -0.2) is 14.2 Å². The van der Waals surface area contributed by atoms with E-state index >= 15 is 0 Å². The highest BCUT2D eigenvalue weighted by atomic mass is 19.1. The molecule has 0 radical (unpaired) electrons. The summed E-state index contributed by atoms with van der Waals surface area (Å²) in [6.45, 7) is 2.03. The molecule has 0 fully saturated rings. The summed E-state index contributed by atoms with van der Waals surface area (Å²) >= 11 is 0. The summed E-state index contributed by atoms with van der Waals surface area (Å²) in [6, 6.07) is 14.8. The standard InChI is InChI=1S/C18H21FO2/c1-4-18(20-2,21-3)16-9-5-14(6-10-16)13-15-7-11-17(19)12-8-15/h5-12H,4,13H2,1-3H3. The second-order valence-corrected chi connectivity index (χ2v) is 5.01. The Balaban J connectivity index is 2.17. The van der Waals surface area contributed by atoms with Gasteiger partial charge >= 0.3 is 0 Å². The van der Waals surface area contributed by atoms with Gasteiger partial charge in [-0.2, -0.15) is 0 Å². The van der Waals surface area contributed by atoms with Gasteiger partial charge in [0.15, 0.2) is 5.79 Å². The molecule has 2 aromatic rings. The summed E-state index contributed by atoms with van der Waals surface area (Å²) < 4.78 is 24.0. The molecule has 0 atom stereocenters. The first kappa shape index (κ1) is 15.7. The van der Waals surface area contributed by atoms with E-state index in [1.165, 1.54) is 17.7 Å². The van der Waals surface area contributed by atoms with Crippen molar-refractivity contribution < 1.29 is 13.9 Å². The Morgan fingerprint density at radius 2 is 1.33 bits per heavy atom. The Morgan fingerprint density at radius 1 is 0.857 bits per heavy atom. The minimum Gasteiger partial charge on any atom is -0.349 e. The molecule has 0 aromatic heterocycles. The van der Waals surface area contributed by atoms with Crippen LogP contribution in [0.3, 0.4) is 0 Å². The molecule has 0 aliphatic carbocycles. The molecule has 0 heterocycles. The Kier molecular flexibility index (Phi) is 5.10. The van der Waals surface area contributed by atoms with E-state index < -0.39 is 5.79 Å². The smallest absolute Gasteiger partial charge is 0.193 e. The van der Waals surface area contributed by atoms with Gasteiger partial charge in [-0.1, -0.05) is 43.3 Å². The number of ether oxygens (including phenoxy) is 2. The van der Waals surface area contributed by atoms with E-state index in [0.717, 1.165) is 24.0 Å². The average molecular weight is 288 g/mol. The third-order valence-electron chi connectivity index (χ3n) is 3.84. The largest absolute Gasteiger partial charge is 0.349 e. The van der Waals surface area contributed by atoms with Crippen molar-refractivity contribution in [1.82, 2.24) is 0 Å². The van der Waals surface area contributed by atoms with Crippen molar-refractivity contribution in [2.24, 2.45) is 0 Å². The highest BCUT2D eigenvalue weighted by Gasteiger charge is 2.29. The number of rotatable bonds is 6. The summed E-state index contributed by atoms with van der Waals surface area (Å²) in [5.74, 6) is -0.893. The van der Waals surface area contributed by atoms with Crippen LogP contribution in [-0.2, 0) is 21.7 Å². The first-order chi connectivity index (χ1) is 10.1. The van der Waals surface area contributed by atoms with E-state index in [4.69, 9.17) is 9.47 Å². The Hall–Kier alpha value is -1.71. The van der Waals surface area contributed by atoms with Crippen LogP contribution < -0.4 is 0 Å². The lowest BCUT2D eigenvalue weighted by Crippen LogP contribution is -2.29. The van der Waals surface area contributed by atoms with Crippen LogP contribution in [0, 0.1) is 5.82 Å². The lowest BCUT2D eigenvalue weighted by molar-refractivity contribution is -0.217. The van der Waals surface area contributed by atoms with Crippen LogP contribution in [0.25, 0.3) is 0 Å². The lowest BCUT2D eigenvalue weighted by atomic mass is 9.98. The number of hydrogen-bond acceptors (Lipinski definition) is 2. The molecule has 0 spiro atoms. The molecule has 2 aromatic carbocycles. The van der Waals surface area contributed by atoms with E-state index in [2.05, 4.69) is 12.1 Å². The van der Waals surface area contributed by atoms with Crippen molar-refractivity contribution in [3.05, 3.63) is 71.0 Å². The molecule has 112 valence electrons. The molecule has 0 amide bonds. The zero-order chi connectivity index (χ0) is 15.3. The summed E-state index contributed by atoms with van der Waals surface area (Å²) in [5, 5.41) is 0. The number of benzene rings is 2. The van der Waals surface area contributed by atoms with Gasteiger partial charge in [0.2, 0.25) is 0 Å². The zero-order valence-electron chi connectivity index (χ0n) is 12.7. The predicted molar refractivity (Wildman–Crippen MR) is 81.6 cm³/mol. The van der Waals surface area contributed by atoms with Gasteiger partial charge in [0.05, 0.1) is 0 Å². The number of methoxy groups -OCH3 is 2. The number of hydrogen-bond donors (Lipinski definition) is 0. The second kappa shape index (κ2) is 6.83. The molecule has 2 rings (SSSR count). The molecule has 0 aliphatic heterocycles. The monoisotopic (exact) mass is 288 g/mol. The summed E-state index contributed by atoms with van der Waals surface area (Å²) in [7, 11) is 3.30. The highest BCUT2D eigenvalue weighted by Crippen LogP contribution is 2.29. The lowest BCUT2D eigenvalue weighted by Gasteiger charge is -2.30. The molecule has 3 heteroatoms. The van der Waals surface area contributed by atoms with Gasteiger partial charge in [-0.3, -0.25) is 0 Å². The van der Waals surface area contributed by atoms with E-state index in [1.807, 2.05) is 31.2 Å². The first-order valence-electron chi connectivity index (χ1n) is 7.07. The molecule has 0 saturated heterocycles. The van der Waals surface area contributed by atoms with Gasteiger partial charge in [0, 0.05) is 26.2 Å². The Morgan fingerprint density at radius 3 is 1.76 bits per heavy atom. The fraction of sp³-hybridized carbons (Fsp3) is 0.333. The van der Waals surface area contributed by atoms with Crippen molar-refractivity contribution in [2.75, 3.05) is 14.2 Å². The zero-order valence-corrected chi connectivity index (χ0v) is 12.7. The van der Waals surface area contributed by atoms with Gasteiger partial charge in [0.25, 0.3) is 0 Å². The van der Waals surface area contributed by atoms with Crippen LogP contribution in [0.4, 0.5) is 4.39 Å². The summed E-state index contributed by atoms with van der Waals surface area (Å²) in [6.07, 6.45) is 1.51. The second-order valence-electron chi connectivity index (χ2n) is 5.01. The van der Waals surface area contributed by atoms with Gasteiger partial charge in [0.1, 0.15) is 5.82 Å². The molecular formula is C18H21FO2. The molecule has 2 nitrogen and oxygen atoms in total. The van der Waals surface area contributed by atoms with Crippen LogP contribution in [0.1, 0.15) is 30.0 Å². The van der Waals surface area contributed by atoms with Gasteiger partial charge in [-0.15, -0.1) is 0 Å². The molecule has 0 N–H and O–H groups in total. The normalized spacial score (nSPS) is 11.6. The molecule has 0 unspecified atom stereocenters. The van der Waals surface area contributed by atoms with Gasteiger partial charge in [-0.25, -0.2) is 4.39 Å². The number of halogens is 1. The van der Waals surface area contributed by atoms with Crippen LogP contribution in [0.2, 0.25) is 0 Å². The maximum atomic E-state index is 12.9. The predicted octanol–water partition coefficient (Wildman–Crippen LogP) is 4.27. The molecule has 0 aliphatic rings. The van der Waals surface area contributed by atoms with Gasteiger partial charge < -0.3 is 9.47 Å². The van der Waals surface area contributed by atoms with E-state index in [9.17, 15) is 4.39 Å². The Bertz CT molecular complexity index is 549. The van der Waals surface area contributed by atoms with E-state index in [-0.39, 0.29) is 5.82 Å². The van der Waals surface area contributed by atoms with E-state index in [1.54, 1.807) is 14.2 Å². The first-order valence-corrected chi connectivity index (χ1v) is 7.07. The SMILES string of the molecule is CCC(OC)(OC)c1ccc(Cc2ccc(F)cc2)cc1. The van der Waals surface area contributed by atoms with Crippen LogP contribution >= 0.6 is 0 Å². The Labute approximate surface area is 125 Å². The fourth-order valence-corrected chi connectivity index (χ4v) is 2.53. The molecule has 0 saturated carbocycles. The minimum atomic E-state index is -0.686. The highest BCUT2D eigenvalue weighted by molar-refractivity contribution is 5.30. The maximum Gasteiger partial charge on any atom is 0.193 e. The van der Waals surface area contributed by atoms with Crippen molar-refractivity contribution in [1.29, 1.82) is 0 Å². The topological polar surface area (TPSA) is 18.5 Å². The fourth-order valence-electron chi connectivity index (χ4n) is 2.53. The minimum absolute atomic E-state index is 0.206.